The minimum atomic E-state index is -1.01. The van der Waals surface area contributed by atoms with Gasteiger partial charge in [0.05, 0.1) is 22.6 Å². The normalized spacial score (nSPS) is 11.4. The highest BCUT2D eigenvalue weighted by Crippen LogP contribution is 2.28. The summed E-state index contributed by atoms with van der Waals surface area (Å²) >= 11 is 0. The van der Waals surface area contributed by atoms with Gasteiger partial charge < -0.3 is 0 Å². The van der Waals surface area contributed by atoms with Gasteiger partial charge in [0.25, 0.3) is 5.56 Å². The Bertz CT molecular complexity index is 1380. The highest BCUT2D eigenvalue weighted by Gasteiger charge is 2.28. The molecule has 0 saturated carbocycles. The van der Waals surface area contributed by atoms with Crippen molar-refractivity contribution >= 4 is 26.5 Å². The Morgan fingerprint density at radius 3 is 2.27 bits per heavy atom. The third-order valence-electron chi connectivity index (χ3n) is 5.12. The monoisotopic (exact) mass is 398 g/mol. The van der Waals surface area contributed by atoms with E-state index in [9.17, 15) is 13.6 Å². The van der Waals surface area contributed by atoms with Crippen LogP contribution in [0.25, 0.3) is 22.0 Å². The van der Waals surface area contributed by atoms with Crippen LogP contribution >= 0.6 is 0 Å². The molecule has 144 valence electrons. The molecule has 9 heteroatoms. The predicted molar refractivity (Wildman–Crippen MR) is 114 cm³/mol. The molecule has 4 rings (SSSR count). The van der Waals surface area contributed by atoms with Crippen molar-refractivity contribution in [1.82, 2.24) is 14.8 Å². The average Bonchev–Trinajstić information content (AvgIpc) is 2.74. The molecule has 0 saturated heterocycles. The number of pyridine rings is 1. The summed E-state index contributed by atoms with van der Waals surface area (Å²) in [6.07, 6.45) is 0. The predicted octanol–water partition coefficient (Wildman–Crippen LogP) is 1.53. The first-order valence-corrected chi connectivity index (χ1v) is 9.18. The van der Waals surface area contributed by atoms with E-state index in [1.165, 1.54) is 10.7 Å². The number of rotatable bonds is 3. The highest BCUT2D eigenvalue weighted by molar-refractivity contribution is 6.40. The SMILES string of the molecule is BC(B)(c1ccc(C#N)cc1)n1nc(-c2ccc(F)nc2F)c2ccccc2c1=O. The van der Waals surface area contributed by atoms with Crippen molar-refractivity contribution in [3.05, 3.63) is 94.0 Å². The molecule has 2 heterocycles. The zero-order valence-electron chi connectivity index (χ0n) is 16.2. The maximum atomic E-state index is 14.5. The second-order valence-electron chi connectivity index (χ2n) is 7.33. The van der Waals surface area contributed by atoms with Gasteiger partial charge in [-0.25, -0.2) is 4.68 Å². The zero-order valence-corrected chi connectivity index (χ0v) is 16.2. The van der Waals surface area contributed by atoms with Gasteiger partial charge in [-0.3, -0.25) is 4.79 Å². The van der Waals surface area contributed by atoms with Gasteiger partial charge in [-0.1, -0.05) is 30.3 Å². The highest BCUT2D eigenvalue weighted by atomic mass is 19.1. The van der Waals surface area contributed by atoms with Gasteiger partial charge in [0.1, 0.15) is 21.4 Å². The molecule has 0 N–H and O–H groups in total. The van der Waals surface area contributed by atoms with Crippen LogP contribution in [0.15, 0.2) is 65.5 Å². The van der Waals surface area contributed by atoms with Crippen LogP contribution in [0.2, 0.25) is 0 Å². The van der Waals surface area contributed by atoms with Crippen molar-refractivity contribution in [3.63, 3.8) is 0 Å². The average molecular weight is 398 g/mol. The maximum Gasteiger partial charge on any atom is 0.274 e. The van der Waals surface area contributed by atoms with E-state index < -0.39 is 17.2 Å². The fourth-order valence-corrected chi connectivity index (χ4v) is 3.43. The van der Waals surface area contributed by atoms with E-state index in [1.54, 1.807) is 64.2 Å². The minimum Gasteiger partial charge on any atom is -0.267 e. The first kappa shape index (κ1) is 19.5. The van der Waals surface area contributed by atoms with Gasteiger partial charge in [0.15, 0.2) is 0 Å². The molecular formula is C21H14B2F2N4O. The Hall–Kier alpha value is -3.79. The standard InChI is InChI=1S/C21H14B2F2N4O/c22-21(23,13-7-5-12(11-26)6-8-13)29-20(30)15-4-2-1-3-14(15)18(28-29)16-9-10-17(24)27-19(16)25/h1-10H,22-23H2. The van der Waals surface area contributed by atoms with Crippen LogP contribution in [-0.2, 0) is 5.34 Å². The summed E-state index contributed by atoms with van der Waals surface area (Å²) in [6, 6.07) is 17.9. The van der Waals surface area contributed by atoms with Crippen LogP contribution in [0.5, 0.6) is 0 Å². The van der Waals surface area contributed by atoms with E-state index in [4.69, 9.17) is 5.26 Å². The lowest BCUT2D eigenvalue weighted by molar-refractivity contribution is 0.513. The molecule has 5 nitrogen and oxygen atoms in total. The summed E-state index contributed by atoms with van der Waals surface area (Å²) in [7, 11) is 3.61. The van der Waals surface area contributed by atoms with Crippen molar-refractivity contribution in [2.24, 2.45) is 0 Å². The molecule has 0 fully saturated rings. The quantitative estimate of drug-likeness (QED) is 0.388. The Morgan fingerprint density at radius 2 is 1.63 bits per heavy atom. The lowest BCUT2D eigenvalue weighted by Gasteiger charge is -2.28. The largest absolute Gasteiger partial charge is 0.274 e. The second-order valence-corrected chi connectivity index (χ2v) is 7.33. The second kappa shape index (κ2) is 7.23. The van der Waals surface area contributed by atoms with Gasteiger partial charge in [0.2, 0.25) is 11.9 Å². The molecule has 2 aromatic carbocycles. The number of benzene rings is 2. The molecule has 0 spiro atoms. The fourth-order valence-electron chi connectivity index (χ4n) is 3.43. The van der Waals surface area contributed by atoms with Crippen molar-refractivity contribution in [2.75, 3.05) is 0 Å². The van der Waals surface area contributed by atoms with E-state index in [0.29, 0.717) is 16.3 Å². The lowest BCUT2D eigenvalue weighted by Crippen LogP contribution is -2.45. The summed E-state index contributed by atoms with van der Waals surface area (Å²) in [5.41, 5.74) is 1.08. The van der Waals surface area contributed by atoms with Gasteiger partial charge in [-0.15, -0.1) is 0 Å². The first-order chi connectivity index (χ1) is 14.3. The first-order valence-electron chi connectivity index (χ1n) is 9.18. The fraction of sp³-hybridized carbons (Fsp3) is 0.0476. The van der Waals surface area contributed by atoms with Crippen LogP contribution in [0.3, 0.4) is 0 Å². The molecule has 2 aromatic heterocycles. The smallest absolute Gasteiger partial charge is 0.267 e. The lowest BCUT2D eigenvalue weighted by atomic mass is 9.58. The molecule has 0 unspecified atom stereocenters. The van der Waals surface area contributed by atoms with E-state index in [2.05, 4.69) is 16.2 Å². The number of fused-ring (bicyclic) bond motifs is 1. The van der Waals surface area contributed by atoms with Crippen molar-refractivity contribution in [2.45, 2.75) is 5.34 Å². The maximum absolute atomic E-state index is 14.5. The molecule has 0 atom stereocenters. The molecule has 0 bridgehead atoms. The van der Waals surface area contributed by atoms with E-state index in [0.717, 1.165) is 11.6 Å². The number of aromatic nitrogens is 3. The molecule has 0 amide bonds. The van der Waals surface area contributed by atoms with Gasteiger partial charge in [-0.05, 0) is 35.9 Å². The Kier molecular flexibility index (Phi) is 4.70. The Morgan fingerprint density at radius 1 is 0.967 bits per heavy atom. The minimum absolute atomic E-state index is 0.00280. The van der Waals surface area contributed by atoms with Crippen LogP contribution in [-0.4, -0.2) is 30.5 Å². The van der Waals surface area contributed by atoms with Crippen molar-refractivity contribution in [1.29, 1.82) is 5.26 Å². The van der Waals surface area contributed by atoms with Crippen LogP contribution < -0.4 is 5.56 Å². The number of hydrogen-bond acceptors (Lipinski definition) is 4. The van der Waals surface area contributed by atoms with Gasteiger partial charge >= 0.3 is 0 Å². The third-order valence-corrected chi connectivity index (χ3v) is 5.12. The summed E-state index contributed by atoms with van der Waals surface area (Å²) < 4.78 is 29.1. The molecule has 0 aliphatic carbocycles. The topological polar surface area (TPSA) is 71.6 Å². The summed E-state index contributed by atoms with van der Waals surface area (Å²) in [4.78, 5) is 16.5. The number of hydrogen-bond donors (Lipinski definition) is 0. The van der Waals surface area contributed by atoms with Crippen molar-refractivity contribution in [3.8, 4) is 17.3 Å². The Labute approximate surface area is 172 Å². The summed E-state index contributed by atoms with van der Waals surface area (Å²) in [5.74, 6) is -1.94. The Balaban J connectivity index is 2.02. The van der Waals surface area contributed by atoms with E-state index in [1.807, 2.05) is 0 Å². The van der Waals surface area contributed by atoms with Crippen LogP contribution in [0, 0.1) is 23.2 Å². The van der Waals surface area contributed by atoms with Crippen LogP contribution in [0.4, 0.5) is 8.78 Å². The number of halogens is 2. The van der Waals surface area contributed by atoms with Gasteiger partial charge in [0, 0.05) is 10.7 Å². The van der Waals surface area contributed by atoms with Crippen LogP contribution in [0.1, 0.15) is 11.1 Å². The summed E-state index contributed by atoms with van der Waals surface area (Å²) in [6.45, 7) is 0. The molecular weight excluding hydrogens is 384 g/mol. The molecule has 0 radical (unpaired) electrons. The number of nitrogens with zero attached hydrogens (tertiary/aromatic N) is 4. The molecule has 4 aromatic rings. The van der Waals surface area contributed by atoms with E-state index in [-0.39, 0.29) is 16.8 Å². The van der Waals surface area contributed by atoms with E-state index >= 15 is 0 Å². The summed E-state index contributed by atoms with van der Waals surface area (Å²) in [5, 5.41) is 13.4. The molecule has 30 heavy (non-hydrogen) atoms. The third kappa shape index (κ3) is 3.16. The van der Waals surface area contributed by atoms with Gasteiger partial charge in [-0.2, -0.15) is 24.1 Å². The molecule has 0 aliphatic rings. The number of nitriles is 1. The molecule has 0 aliphatic heterocycles. The van der Waals surface area contributed by atoms with Crippen molar-refractivity contribution < 1.29 is 8.78 Å². The zero-order chi connectivity index (χ0) is 21.5.